The molecule has 6 nitrogen and oxygen atoms in total. The molecular weight excluding hydrogens is 359 g/mol. The molecular formula is C21H29FN4O2. The molecule has 0 aliphatic carbocycles. The molecule has 0 spiro atoms. The Kier molecular flexibility index (Phi) is 8.52. The minimum Gasteiger partial charge on any atom is -0.459 e. The largest absolute Gasteiger partial charge is 0.459 e. The molecule has 0 bridgehead atoms. The van der Waals surface area contributed by atoms with Gasteiger partial charge in [-0.05, 0) is 62.9 Å². The standard InChI is InChI=1S/C21H29FN4O2/c1-4-23-21(26-12-8-17-6-7-18(22)14-16(17)3)25-11-5-10-24-20(27)19-15(2)9-13-28-19/h6-7,9,13-14H,4-5,8,10-12H2,1-3H3,(H,24,27)(H2,23,25,26). The fraction of sp³-hybridized carbons (Fsp3) is 0.429. The van der Waals surface area contributed by atoms with E-state index in [0.29, 0.717) is 25.4 Å². The maximum atomic E-state index is 13.2. The maximum absolute atomic E-state index is 13.2. The molecule has 0 fully saturated rings. The Morgan fingerprint density at radius 3 is 2.61 bits per heavy atom. The van der Waals surface area contributed by atoms with Crippen molar-refractivity contribution in [2.24, 2.45) is 4.99 Å². The zero-order valence-electron chi connectivity index (χ0n) is 16.8. The second kappa shape index (κ2) is 11.1. The quantitative estimate of drug-likeness (QED) is 0.351. The van der Waals surface area contributed by atoms with E-state index in [1.807, 2.05) is 26.8 Å². The van der Waals surface area contributed by atoms with E-state index in [1.54, 1.807) is 12.1 Å². The zero-order valence-corrected chi connectivity index (χ0v) is 16.8. The molecule has 0 saturated carbocycles. The van der Waals surface area contributed by atoms with Crippen LogP contribution in [0.4, 0.5) is 4.39 Å². The monoisotopic (exact) mass is 388 g/mol. The van der Waals surface area contributed by atoms with Gasteiger partial charge in [0, 0.05) is 31.7 Å². The number of aryl methyl sites for hydroxylation is 2. The normalized spacial score (nSPS) is 11.4. The van der Waals surface area contributed by atoms with Gasteiger partial charge in [-0.25, -0.2) is 4.39 Å². The Bertz CT molecular complexity index is 801. The summed E-state index contributed by atoms with van der Waals surface area (Å²) in [6, 6.07) is 6.62. The van der Waals surface area contributed by atoms with Gasteiger partial charge in [-0.2, -0.15) is 0 Å². The molecule has 1 aromatic heterocycles. The molecule has 1 aromatic carbocycles. The van der Waals surface area contributed by atoms with E-state index in [2.05, 4.69) is 20.9 Å². The highest BCUT2D eigenvalue weighted by Crippen LogP contribution is 2.10. The minimum atomic E-state index is -0.210. The topological polar surface area (TPSA) is 78.7 Å². The van der Waals surface area contributed by atoms with Crippen LogP contribution in [0.15, 0.2) is 39.9 Å². The highest BCUT2D eigenvalue weighted by molar-refractivity contribution is 5.92. The number of hydrogen-bond donors (Lipinski definition) is 3. The summed E-state index contributed by atoms with van der Waals surface area (Å²) in [4.78, 5) is 16.5. The van der Waals surface area contributed by atoms with Crippen LogP contribution in [-0.4, -0.2) is 38.0 Å². The third kappa shape index (κ3) is 6.72. The molecule has 2 rings (SSSR count). The summed E-state index contributed by atoms with van der Waals surface area (Å²) in [6.07, 6.45) is 3.02. The zero-order chi connectivity index (χ0) is 20.4. The summed E-state index contributed by atoms with van der Waals surface area (Å²) < 4.78 is 18.3. The van der Waals surface area contributed by atoms with Crippen LogP contribution < -0.4 is 16.0 Å². The molecule has 3 N–H and O–H groups in total. The molecule has 152 valence electrons. The molecule has 0 unspecified atom stereocenters. The van der Waals surface area contributed by atoms with E-state index < -0.39 is 0 Å². The first-order chi connectivity index (χ1) is 13.5. The molecule has 1 amide bonds. The number of benzene rings is 1. The second-order valence-corrected chi connectivity index (χ2v) is 6.55. The van der Waals surface area contributed by atoms with Gasteiger partial charge in [0.05, 0.1) is 6.26 Å². The van der Waals surface area contributed by atoms with Crippen LogP contribution in [0.3, 0.4) is 0 Å². The number of carbonyl (C=O) groups is 1. The molecule has 0 aliphatic rings. The number of rotatable bonds is 9. The first-order valence-corrected chi connectivity index (χ1v) is 9.60. The van der Waals surface area contributed by atoms with Crippen LogP contribution in [0.2, 0.25) is 0 Å². The number of amides is 1. The number of hydrogen-bond acceptors (Lipinski definition) is 3. The van der Waals surface area contributed by atoms with Crippen molar-refractivity contribution in [3.05, 3.63) is 58.8 Å². The average Bonchev–Trinajstić information content (AvgIpc) is 3.09. The smallest absolute Gasteiger partial charge is 0.287 e. The van der Waals surface area contributed by atoms with Gasteiger partial charge < -0.3 is 20.4 Å². The maximum Gasteiger partial charge on any atom is 0.287 e. The van der Waals surface area contributed by atoms with Crippen LogP contribution in [0.1, 0.15) is 40.6 Å². The number of halogens is 1. The summed E-state index contributed by atoms with van der Waals surface area (Å²) in [6.45, 7) is 8.33. The molecule has 0 radical (unpaired) electrons. The number of carbonyl (C=O) groups excluding carboxylic acids is 1. The van der Waals surface area contributed by atoms with E-state index in [4.69, 9.17) is 4.42 Å². The first-order valence-electron chi connectivity index (χ1n) is 9.60. The van der Waals surface area contributed by atoms with Crippen LogP contribution in [-0.2, 0) is 6.42 Å². The van der Waals surface area contributed by atoms with E-state index >= 15 is 0 Å². The van der Waals surface area contributed by atoms with Crippen molar-refractivity contribution in [1.82, 2.24) is 16.0 Å². The third-order valence-corrected chi connectivity index (χ3v) is 4.29. The van der Waals surface area contributed by atoms with Crippen LogP contribution in [0.25, 0.3) is 0 Å². The summed E-state index contributed by atoms with van der Waals surface area (Å²) in [5.74, 6) is 0.676. The van der Waals surface area contributed by atoms with E-state index in [-0.39, 0.29) is 11.7 Å². The molecule has 0 aliphatic heterocycles. The Morgan fingerprint density at radius 2 is 1.93 bits per heavy atom. The van der Waals surface area contributed by atoms with Crippen molar-refractivity contribution in [1.29, 1.82) is 0 Å². The van der Waals surface area contributed by atoms with Crippen LogP contribution in [0.5, 0.6) is 0 Å². The van der Waals surface area contributed by atoms with Crippen molar-refractivity contribution < 1.29 is 13.6 Å². The number of guanidine groups is 1. The van der Waals surface area contributed by atoms with Gasteiger partial charge in [-0.3, -0.25) is 9.79 Å². The lowest BCUT2D eigenvalue weighted by atomic mass is 10.1. The fourth-order valence-corrected chi connectivity index (χ4v) is 2.75. The van der Waals surface area contributed by atoms with Gasteiger partial charge in [-0.15, -0.1) is 0 Å². The van der Waals surface area contributed by atoms with Gasteiger partial charge in [-0.1, -0.05) is 6.07 Å². The Morgan fingerprint density at radius 1 is 1.11 bits per heavy atom. The third-order valence-electron chi connectivity index (χ3n) is 4.29. The number of nitrogens with one attached hydrogen (secondary N) is 3. The molecule has 1 heterocycles. The van der Waals surface area contributed by atoms with Gasteiger partial charge in [0.2, 0.25) is 0 Å². The average molecular weight is 388 g/mol. The molecule has 0 atom stereocenters. The highest BCUT2D eigenvalue weighted by Gasteiger charge is 2.11. The number of furan rings is 1. The molecule has 7 heteroatoms. The lowest BCUT2D eigenvalue weighted by molar-refractivity contribution is 0.0925. The minimum absolute atomic E-state index is 0.203. The Hall–Kier alpha value is -2.83. The number of aliphatic imine (C=N–C) groups is 1. The van der Waals surface area contributed by atoms with E-state index in [0.717, 1.165) is 42.0 Å². The first kappa shape index (κ1) is 21.5. The summed E-state index contributed by atoms with van der Waals surface area (Å²) >= 11 is 0. The lowest BCUT2D eigenvalue weighted by Crippen LogP contribution is -2.38. The predicted octanol–water partition coefficient (Wildman–Crippen LogP) is 2.95. The molecule has 0 saturated heterocycles. The fourth-order valence-electron chi connectivity index (χ4n) is 2.75. The van der Waals surface area contributed by atoms with Crippen molar-refractivity contribution in [2.75, 3.05) is 26.2 Å². The highest BCUT2D eigenvalue weighted by atomic mass is 19.1. The molecule has 28 heavy (non-hydrogen) atoms. The summed E-state index contributed by atoms with van der Waals surface area (Å²) in [5, 5.41) is 9.32. The van der Waals surface area contributed by atoms with Crippen LogP contribution >= 0.6 is 0 Å². The second-order valence-electron chi connectivity index (χ2n) is 6.55. The number of nitrogens with zero attached hydrogens (tertiary/aromatic N) is 1. The molecule has 2 aromatic rings. The summed E-state index contributed by atoms with van der Waals surface area (Å²) in [7, 11) is 0. The van der Waals surface area contributed by atoms with Crippen molar-refractivity contribution >= 4 is 11.9 Å². The van der Waals surface area contributed by atoms with Gasteiger partial charge in [0.1, 0.15) is 5.82 Å². The van der Waals surface area contributed by atoms with Gasteiger partial charge in [0.25, 0.3) is 5.91 Å². The van der Waals surface area contributed by atoms with Crippen molar-refractivity contribution in [2.45, 2.75) is 33.6 Å². The van der Waals surface area contributed by atoms with E-state index in [1.165, 1.54) is 12.3 Å². The lowest BCUT2D eigenvalue weighted by Gasteiger charge is -2.12. The van der Waals surface area contributed by atoms with Crippen molar-refractivity contribution in [3.8, 4) is 0 Å². The summed E-state index contributed by atoms with van der Waals surface area (Å²) in [5.41, 5.74) is 2.89. The Balaban J connectivity index is 1.72. The van der Waals surface area contributed by atoms with E-state index in [9.17, 15) is 9.18 Å². The van der Waals surface area contributed by atoms with Crippen molar-refractivity contribution in [3.63, 3.8) is 0 Å². The predicted molar refractivity (Wildman–Crippen MR) is 109 cm³/mol. The van der Waals surface area contributed by atoms with Gasteiger partial charge >= 0.3 is 0 Å². The van der Waals surface area contributed by atoms with Crippen LogP contribution in [0, 0.1) is 19.7 Å². The SMILES string of the molecule is CCNC(=NCCCNC(=O)c1occc1C)NCCc1ccc(F)cc1C. The Labute approximate surface area is 165 Å². The van der Waals surface area contributed by atoms with Gasteiger partial charge in [0.15, 0.2) is 11.7 Å².